The van der Waals surface area contributed by atoms with Crippen molar-refractivity contribution < 1.29 is 5.11 Å². The minimum Gasteiger partial charge on any atom is -0.395 e. The topological polar surface area (TPSA) is 115 Å². The van der Waals surface area contributed by atoms with E-state index in [1.54, 1.807) is 6.20 Å². The second-order valence-corrected chi connectivity index (χ2v) is 8.85. The summed E-state index contributed by atoms with van der Waals surface area (Å²) < 4.78 is 1.85. The highest BCUT2D eigenvalue weighted by atomic mass is 16.3. The summed E-state index contributed by atoms with van der Waals surface area (Å²) in [5.41, 5.74) is 4.27. The summed E-state index contributed by atoms with van der Waals surface area (Å²) in [4.78, 5) is 11.0. The third-order valence-corrected chi connectivity index (χ3v) is 5.31. The average Bonchev–Trinajstić information content (AvgIpc) is 3.32. The summed E-state index contributed by atoms with van der Waals surface area (Å²) in [6.45, 7) is 7.27. The number of aromatic nitrogens is 4. The van der Waals surface area contributed by atoms with Crippen molar-refractivity contribution in [3.63, 3.8) is 0 Å². The molecule has 0 amide bonds. The predicted molar refractivity (Wildman–Crippen MR) is 131 cm³/mol. The van der Waals surface area contributed by atoms with Crippen LogP contribution in [-0.4, -0.2) is 64.0 Å². The standard InChI is InChI=1S/C21H23N7O.C3H9N/c1-4-28-18(7-13(2)27-28)26-20-23-6-5-17(25-20)14-8-15(10-22)19-16(9-14)21(3,12-29)11-24-19;1-4(2)3/h5-9,24,29H,4,11-12H2,1-3H3,(H,23,25,26);1-3H3. The van der Waals surface area contributed by atoms with Crippen LogP contribution in [0.2, 0.25) is 0 Å². The van der Waals surface area contributed by atoms with Crippen LogP contribution in [0.5, 0.6) is 0 Å². The minimum atomic E-state index is -0.434. The zero-order chi connectivity index (χ0) is 24.2. The Hall–Kier alpha value is -3.48. The normalized spacial score (nSPS) is 16.5. The van der Waals surface area contributed by atoms with Gasteiger partial charge in [-0.05, 0) is 58.8 Å². The molecule has 1 unspecified atom stereocenters. The largest absolute Gasteiger partial charge is 0.395 e. The highest BCUT2D eigenvalue weighted by molar-refractivity contribution is 5.76. The highest BCUT2D eigenvalue weighted by Gasteiger charge is 2.35. The molecule has 0 aliphatic carbocycles. The molecule has 1 aliphatic heterocycles. The fourth-order valence-electron chi connectivity index (χ4n) is 3.65. The van der Waals surface area contributed by atoms with Crippen LogP contribution in [0.15, 0.2) is 30.5 Å². The van der Waals surface area contributed by atoms with Crippen LogP contribution in [0.1, 0.15) is 30.7 Å². The fraction of sp³-hybridized carbons (Fsp3) is 0.417. The molecular formula is C24H32N8O. The van der Waals surface area contributed by atoms with Crippen molar-refractivity contribution in [2.75, 3.05) is 44.9 Å². The molecule has 2 aromatic heterocycles. The maximum absolute atomic E-state index is 9.89. The lowest BCUT2D eigenvalue weighted by Gasteiger charge is -2.21. The molecular weight excluding hydrogens is 416 g/mol. The van der Waals surface area contributed by atoms with E-state index < -0.39 is 5.41 Å². The quantitative estimate of drug-likeness (QED) is 0.545. The molecule has 0 saturated heterocycles. The molecule has 9 nitrogen and oxygen atoms in total. The molecule has 3 heterocycles. The predicted octanol–water partition coefficient (Wildman–Crippen LogP) is 3.14. The van der Waals surface area contributed by atoms with Crippen molar-refractivity contribution in [1.82, 2.24) is 24.6 Å². The van der Waals surface area contributed by atoms with Crippen LogP contribution >= 0.6 is 0 Å². The molecule has 0 saturated carbocycles. The van der Waals surface area contributed by atoms with Crippen molar-refractivity contribution in [2.45, 2.75) is 32.7 Å². The Morgan fingerprint density at radius 2 is 2.03 bits per heavy atom. The summed E-state index contributed by atoms with van der Waals surface area (Å²) in [6, 6.07) is 9.84. The van der Waals surface area contributed by atoms with E-state index in [9.17, 15) is 10.4 Å². The number of fused-ring (bicyclic) bond motifs is 1. The number of hydrogen-bond acceptors (Lipinski definition) is 8. The second-order valence-electron chi connectivity index (χ2n) is 8.85. The molecule has 1 atom stereocenters. The first-order valence-corrected chi connectivity index (χ1v) is 10.9. The molecule has 0 spiro atoms. The zero-order valence-electron chi connectivity index (χ0n) is 20.1. The van der Waals surface area contributed by atoms with Gasteiger partial charge in [0.05, 0.1) is 29.2 Å². The molecule has 4 rings (SSSR count). The van der Waals surface area contributed by atoms with E-state index in [-0.39, 0.29) is 6.61 Å². The van der Waals surface area contributed by atoms with Gasteiger partial charge in [-0.15, -0.1) is 0 Å². The number of aliphatic hydroxyl groups excluding tert-OH is 1. The van der Waals surface area contributed by atoms with Gasteiger partial charge >= 0.3 is 0 Å². The smallest absolute Gasteiger partial charge is 0.228 e. The van der Waals surface area contributed by atoms with E-state index in [0.717, 1.165) is 34.9 Å². The van der Waals surface area contributed by atoms with E-state index in [4.69, 9.17) is 0 Å². The van der Waals surface area contributed by atoms with Crippen LogP contribution in [0.3, 0.4) is 0 Å². The zero-order valence-corrected chi connectivity index (χ0v) is 20.1. The van der Waals surface area contributed by atoms with Gasteiger partial charge in [-0.1, -0.05) is 6.92 Å². The van der Waals surface area contributed by atoms with Crippen LogP contribution in [0.25, 0.3) is 11.3 Å². The SMILES string of the molecule is CCn1nc(C)cc1Nc1nccc(-c2cc(C#N)c3c(c2)C(C)(CO)CN3)n1.CN(C)C. The van der Waals surface area contributed by atoms with Gasteiger partial charge in [0.1, 0.15) is 11.9 Å². The Kier molecular flexibility index (Phi) is 7.31. The molecule has 9 heteroatoms. The number of anilines is 3. The first-order valence-electron chi connectivity index (χ1n) is 10.9. The van der Waals surface area contributed by atoms with E-state index in [1.165, 1.54) is 0 Å². The molecule has 0 bridgehead atoms. The summed E-state index contributed by atoms with van der Waals surface area (Å²) >= 11 is 0. The Balaban J connectivity index is 0.000000709. The molecule has 3 aromatic rings. The molecule has 174 valence electrons. The number of nitrogens with zero attached hydrogens (tertiary/aromatic N) is 6. The molecule has 0 fully saturated rings. The lowest BCUT2D eigenvalue weighted by atomic mass is 9.83. The summed E-state index contributed by atoms with van der Waals surface area (Å²) in [5.74, 6) is 1.28. The van der Waals surface area contributed by atoms with Gasteiger partial charge in [0.25, 0.3) is 0 Å². The third kappa shape index (κ3) is 5.30. The maximum Gasteiger partial charge on any atom is 0.228 e. The minimum absolute atomic E-state index is 0.00173. The van der Waals surface area contributed by atoms with Crippen molar-refractivity contribution in [3.05, 3.63) is 47.3 Å². The third-order valence-electron chi connectivity index (χ3n) is 5.31. The first kappa shape index (κ1) is 24.2. The Morgan fingerprint density at radius 1 is 1.30 bits per heavy atom. The number of nitriles is 1. The van der Waals surface area contributed by atoms with Gasteiger partial charge in [-0.2, -0.15) is 10.4 Å². The Morgan fingerprint density at radius 3 is 2.67 bits per heavy atom. The van der Waals surface area contributed by atoms with Crippen molar-refractivity contribution in [1.29, 1.82) is 5.26 Å². The molecule has 0 radical (unpaired) electrons. The van der Waals surface area contributed by atoms with Crippen molar-refractivity contribution in [3.8, 4) is 17.3 Å². The molecule has 33 heavy (non-hydrogen) atoms. The monoisotopic (exact) mass is 448 g/mol. The van der Waals surface area contributed by atoms with Gasteiger partial charge < -0.3 is 20.6 Å². The summed E-state index contributed by atoms with van der Waals surface area (Å²) in [5, 5.41) is 30.4. The van der Waals surface area contributed by atoms with Crippen LogP contribution in [0, 0.1) is 18.3 Å². The Bertz CT molecular complexity index is 1160. The number of aliphatic hydroxyl groups is 1. The fourth-order valence-corrected chi connectivity index (χ4v) is 3.65. The molecule has 1 aromatic carbocycles. The molecule has 1 aliphatic rings. The number of hydrogen-bond donors (Lipinski definition) is 3. The van der Waals surface area contributed by atoms with E-state index in [1.807, 2.05) is 75.8 Å². The van der Waals surface area contributed by atoms with Gasteiger partial charge in [-0.25, -0.2) is 14.6 Å². The van der Waals surface area contributed by atoms with Crippen LogP contribution in [0.4, 0.5) is 17.5 Å². The van der Waals surface area contributed by atoms with Crippen LogP contribution < -0.4 is 10.6 Å². The van der Waals surface area contributed by atoms with E-state index in [2.05, 4.69) is 31.8 Å². The first-order chi connectivity index (χ1) is 15.7. The summed E-state index contributed by atoms with van der Waals surface area (Å²) in [7, 11) is 6.00. The van der Waals surface area contributed by atoms with Gasteiger partial charge in [0, 0.05) is 36.3 Å². The number of benzene rings is 1. The lowest BCUT2D eigenvalue weighted by molar-refractivity contribution is 0.219. The second kappa shape index (κ2) is 9.98. The van der Waals surface area contributed by atoms with E-state index in [0.29, 0.717) is 23.8 Å². The number of nitrogens with one attached hydrogen (secondary N) is 2. The van der Waals surface area contributed by atoms with Gasteiger partial charge in [0.2, 0.25) is 5.95 Å². The Labute approximate surface area is 195 Å². The van der Waals surface area contributed by atoms with Gasteiger partial charge in [-0.3, -0.25) is 0 Å². The van der Waals surface area contributed by atoms with Crippen LogP contribution in [-0.2, 0) is 12.0 Å². The maximum atomic E-state index is 9.89. The number of aryl methyl sites for hydroxylation is 2. The van der Waals surface area contributed by atoms with Crippen molar-refractivity contribution >= 4 is 17.5 Å². The average molecular weight is 449 g/mol. The highest BCUT2D eigenvalue weighted by Crippen LogP contribution is 2.41. The van der Waals surface area contributed by atoms with E-state index >= 15 is 0 Å². The summed E-state index contributed by atoms with van der Waals surface area (Å²) in [6.07, 6.45) is 1.69. The lowest BCUT2D eigenvalue weighted by Crippen LogP contribution is -2.28. The molecule has 3 N–H and O–H groups in total. The van der Waals surface area contributed by atoms with Crippen molar-refractivity contribution in [2.24, 2.45) is 0 Å². The van der Waals surface area contributed by atoms with Gasteiger partial charge in [0.15, 0.2) is 0 Å². The number of rotatable bonds is 5.